The van der Waals surface area contributed by atoms with Gasteiger partial charge in [-0.25, -0.2) is 4.98 Å². The minimum absolute atomic E-state index is 0.534. The summed E-state index contributed by atoms with van der Waals surface area (Å²) in [4.78, 5) is 8.72. The highest BCUT2D eigenvalue weighted by molar-refractivity contribution is 6.04. The van der Waals surface area contributed by atoms with Crippen LogP contribution in [-0.2, 0) is 12.8 Å². The summed E-state index contributed by atoms with van der Waals surface area (Å²) in [5, 5.41) is 15.9. The largest absolute Gasteiger partial charge is 0.411 e. The number of nitrogens with two attached hydrogens (primary N) is 1. The normalized spacial score (nSPS) is 15.1. The lowest BCUT2D eigenvalue weighted by molar-refractivity contribution is 0.318. The summed E-state index contributed by atoms with van der Waals surface area (Å²) in [6.45, 7) is 0.534. The lowest BCUT2D eigenvalue weighted by Crippen LogP contribution is -2.06. The van der Waals surface area contributed by atoms with Gasteiger partial charge in [0.05, 0.1) is 17.6 Å². The molecule has 0 saturated carbocycles. The Hall–Kier alpha value is -2.93. The molecule has 0 bridgehead atoms. The Morgan fingerprint density at radius 2 is 2.25 bits per heavy atom. The van der Waals surface area contributed by atoms with Crippen molar-refractivity contribution in [1.82, 2.24) is 14.4 Å². The fourth-order valence-electron chi connectivity index (χ4n) is 3.19. The first-order valence-corrected chi connectivity index (χ1v) is 7.92. The van der Waals surface area contributed by atoms with Crippen LogP contribution in [0.2, 0.25) is 0 Å². The summed E-state index contributed by atoms with van der Waals surface area (Å²) >= 11 is 0. The van der Waals surface area contributed by atoms with E-state index in [2.05, 4.69) is 26.5 Å². The molecule has 7 heteroatoms. The minimum atomic E-state index is 0.534. The Balaban J connectivity index is 1.73. The quantitative estimate of drug-likeness (QED) is 0.504. The second-order valence-corrected chi connectivity index (χ2v) is 5.79. The van der Waals surface area contributed by atoms with Crippen LogP contribution >= 0.6 is 0 Å². The molecule has 1 aliphatic carbocycles. The van der Waals surface area contributed by atoms with E-state index in [0.717, 1.165) is 47.0 Å². The van der Waals surface area contributed by atoms with Gasteiger partial charge in [0.2, 0.25) is 0 Å². The van der Waals surface area contributed by atoms with Crippen molar-refractivity contribution >= 4 is 22.9 Å². The molecule has 0 fully saturated rings. The fourth-order valence-corrected chi connectivity index (χ4v) is 3.19. The molecular weight excluding hydrogens is 304 g/mol. The van der Waals surface area contributed by atoms with Crippen molar-refractivity contribution in [3.63, 3.8) is 0 Å². The summed E-state index contributed by atoms with van der Waals surface area (Å²) in [7, 11) is 0. The van der Waals surface area contributed by atoms with E-state index in [0.29, 0.717) is 13.0 Å². The molecule has 7 nitrogen and oxygen atoms in total. The molecule has 1 aliphatic rings. The van der Waals surface area contributed by atoms with Crippen molar-refractivity contribution in [2.75, 3.05) is 11.9 Å². The molecule has 24 heavy (non-hydrogen) atoms. The van der Waals surface area contributed by atoms with Crippen LogP contribution in [0.25, 0.3) is 5.65 Å². The van der Waals surface area contributed by atoms with Gasteiger partial charge in [-0.3, -0.25) is 9.38 Å². The van der Waals surface area contributed by atoms with E-state index in [1.165, 1.54) is 5.56 Å². The molecule has 0 spiro atoms. The summed E-state index contributed by atoms with van der Waals surface area (Å²) < 4.78 is 1.98. The number of aryl methyl sites for hydroxylation is 1. The number of nitrogens with zero attached hydrogens (tertiary/aromatic N) is 4. The number of rotatable bonds is 4. The summed E-state index contributed by atoms with van der Waals surface area (Å²) in [5.74, 6) is 0.909. The predicted octanol–water partition coefficient (Wildman–Crippen LogP) is 2.10. The number of fused-ring (bicyclic) bond motifs is 2. The van der Waals surface area contributed by atoms with Crippen molar-refractivity contribution < 1.29 is 5.21 Å². The van der Waals surface area contributed by atoms with Gasteiger partial charge in [-0.05, 0) is 37.1 Å². The maximum absolute atomic E-state index is 9.05. The van der Waals surface area contributed by atoms with E-state index in [-0.39, 0.29) is 0 Å². The van der Waals surface area contributed by atoms with Gasteiger partial charge in [-0.2, -0.15) is 0 Å². The van der Waals surface area contributed by atoms with Gasteiger partial charge in [0, 0.05) is 30.1 Å². The molecule has 0 atom stereocenters. The van der Waals surface area contributed by atoms with Crippen LogP contribution < -0.4 is 11.1 Å². The number of benzene rings is 1. The molecular formula is C17H18N6O. The number of hydrogen-bond acceptors (Lipinski definition) is 6. The maximum atomic E-state index is 9.05. The van der Waals surface area contributed by atoms with Crippen LogP contribution in [0, 0.1) is 0 Å². The molecule has 4 rings (SSSR count). The maximum Gasteiger partial charge on any atom is 0.157 e. The first-order chi connectivity index (χ1) is 11.8. The van der Waals surface area contributed by atoms with Crippen molar-refractivity contribution in [1.29, 1.82) is 0 Å². The highest BCUT2D eigenvalue weighted by atomic mass is 16.4. The average molecular weight is 322 g/mol. The molecule has 4 N–H and O–H groups in total. The SMILES string of the molecule is NCCc1nc2cnccn2c1Nc1ccc2c(c1)CCC2=NO. The highest BCUT2D eigenvalue weighted by Crippen LogP contribution is 2.28. The fraction of sp³-hybridized carbons (Fsp3) is 0.235. The van der Waals surface area contributed by atoms with Crippen molar-refractivity contribution in [2.24, 2.45) is 10.9 Å². The topological polar surface area (TPSA) is 101 Å². The van der Waals surface area contributed by atoms with E-state index >= 15 is 0 Å². The number of hydrogen-bond donors (Lipinski definition) is 3. The standard InChI is InChI=1S/C17H18N6O/c18-6-5-15-17(23-8-7-19-10-16(23)21-15)20-12-2-3-13-11(9-12)1-4-14(13)22-24/h2-3,7-10,20,24H,1,4-6,18H2. The van der Waals surface area contributed by atoms with Gasteiger partial charge in [-0.15, -0.1) is 0 Å². The lowest BCUT2D eigenvalue weighted by atomic mass is 10.1. The van der Waals surface area contributed by atoms with Crippen LogP contribution in [0.1, 0.15) is 23.2 Å². The number of oxime groups is 1. The lowest BCUT2D eigenvalue weighted by Gasteiger charge is -2.10. The summed E-state index contributed by atoms with van der Waals surface area (Å²) in [5.41, 5.74) is 11.4. The number of imidazole rings is 1. The van der Waals surface area contributed by atoms with Gasteiger partial charge in [0.1, 0.15) is 5.82 Å². The minimum Gasteiger partial charge on any atom is -0.411 e. The molecule has 0 amide bonds. The average Bonchev–Trinajstić information content (AvgIpc) is 3.17. The predicted molar refractivity (Wildman–Crippen MR) is 92.1 cm³/mol. The Labute approximate surface area is 138 Å². The first kappa shape index (κ1) is 14.6. The molecule has 2 heterocycles. The molecule has 3 aromatic rings. The molecule has 2 aromatic heterocycles. The van der Waals surface area contributed by atoms with Gasteiger partial charge in [-0.1, -0.05) is 11.2 Å². The van der Waals surface area contributed by atoms with E-state index in [4.69, 9.17) is 10.9 Å². The van der Waals surface area contributed by atoms with E-state index in [1.807, 2.05) is 22.7 Å². The van der Waals surface area contributed by atoms with Crippen molar-refractivity contribution in [3.8, 4) is 0 Å². The first-order valence-electron chi connectivity index (χ1n) is 7.92. The van der Waals surface area contributed by atoms with Gasteiger partial charge in [0.15, 0.2) is 5.65 Å². The molecule has 0 unspecified atom stereocenters. The number of anilines is 2. The Morgan fingerprint density at radius 1 is 1.33 bits per heavy atom. The Kier molecular flexibility index (Phi) is 3.62. The zero-order chi connectivity index (χ0) is 16.5. The van der Waals surface area contributed by atoms with Crippen LogP contribution in [0.15, 0.2) is 41.9 Å². The number of nitrogens with one attached hydrogen (secondary N) is 1. The van der Waals surface area contributed by atoms with Crippen LogP contribution in [0.4, 0.5) is 11.5 Å². The Morgan fingerprint density at radius 3 is 3.08 bits per heavy atom. The van der Waals surface area contributed by atoms with Gasteiger partial charge < -0.3 is 16.3 Å². The molecule has 1 aromatic carbocycles. The van der Waals surface area contributed by atoms with Gasteiger partial charge in [0.25, 0.3) is 0 Å². The molecule has 122 valence electrons. The van der Waals surface area contributed by atoms with Crippen molar-refractivity contribution in [3.05, 3.63) is 53.6 Å². The van der Waals surface area contributed by atoms with Crippen molar-refractivity contribution in [2.45, 2.75) is 19.3 Å². The third kappa shape index (κ3) is 2.39. The Bertz CT molecular complexity index is 930. The van der Waals surface area contributed by atoms with Gasteiger partial charge >= 0.3 is 0 Å². The third-order valence-corrected chi connectivity index (χ3v) is 4.31. The van der Waals surface area contributed by atoms with Crippen LogP contribution in [0.5, 0.6) is 0 Å². The zero-order valence-electron chi connectivity index (χ0n) is 13.1. The summed E-state index contributed by atoms with van der Waals surface area (Å²) in [6.07, 6.45) is 7.70. The second kappa shape index (κ2) is 5.93. The highest BCUT2D eigenvalue weighted by Gasteiger charge is 2.19. The van der Waals surface area contributed by atoms with E-state index < -0.39 is 0 Å². The van der Waals surface area contributed by atoms with E-state index in [1.54, 1.807) is 12.4 Å². The monoisotopic (exact) mass is 322 g/mol. The molecule has 0 radical (unpaired) electrons. The smallest absolute Gasteiger partial charge is 0.157 e. The van der Waals surface area contributed by atoms with E-state index in [9.17, 15) is 0 Å². The zero-order valence-corrected chi connectivity index (χ0v) is 13.1. The summed E-state index contributed by atoms with van der Waals surface area (Å²) in [6, 6.07) is 6.08. The van der Waals surface area contributed by atoms with Crippen LogP contribution in [-0.4, -0.2) is 31.8 Å². The van der Waals surface area contributed by atoms with Crippen LogP contribution in [0.3, 0.4) is 0 Å². The second-order valence-electron chi connectivity index (χ2n) is 5.79. The number of aromatic nitrogens is 3. The molecule has 0 saturated heterocycles. The third-order valence-electron chi connectivity index (χ3n) is 4.31. The molecule has 0 aliphatic heterocycles.